The number of ether oxygens (including phenoxy) is 1. The molecular formula is C38H27F7O. The van der Waals surface area contributed by atoms with Crippen molar-refractivity contribution in [1.29, 1.82) is 0 Å². The highest BCUT2D eigenvalue weighted by Gasteiger charge is 2.37. The van der Waals surface area contributed by atoms with Gasteiger partial charge in [-0.2, -0.15) is 8.78 Å². The van der Waals surface area contributed by atoms with Crippen LogP contribution in [-0.2, 0) is 12.5 Å². The lowest BCUT2D eigenvalue weighted by Crippen LogP contribution is -2.23. The van der Waals surface area contributed by atoms with Crippen molar-refractivity contribution in [3.05, 3.63) is 148 Å². The van der Waals surface area contributed by atoms with E-state index >= 15 is 4.39 Å². The lowest BCUT2D eigenvalue weighted by atomic mass is 9.99. The minimum atomic E-state index is -3.90. The first-order chi connectivity index (χ1) is 22.0. The van der Waals surface area contributed by atoms with Crippen molar-refractivity contribution in [2.24, 2.45) is 0 Å². The summed E-state index contributed by atoms with van der Waals surface area (Å²) < 4.78 is 104. The minimum absolute atomic E-state index is 0.0351. The molecule has 0 saturated carbocycles. The molecule has 0 atom stereocenters. The maximum Gasteiger partial charge on any atom is 0.429 e. The van der Waals surface area contributed by atoms with Gasteiger partial charge >= 0.3 is 6.11 Å². The van der Waals surface area contributed by atoms with Crippen molar-refractivity contribution in [3.63, 3.8) is 0 Å². The Bertz CT molecular complexity index is 1880. The quantitative estimate of drug-likeness (QED) is 0.0680. The lowest BCUT2D eigenvalue weighted by Gasteiger charge is -2.19. The molecule has 0 radical (unpaired) electrons. The summed E-state index contributed by atoms with van der Waals surface area (Å²) in [6.07, 6.45) is -0.480. The molecule has 1 nitrogen and oxygen atoms in total. The average molecular weight is 633 g/mol. The molecule has 0 bridgehead atoms. The van der Waals surface area contributed by atoms with Gasteiger partial charge in [-0.3, -0.25) is 0 Å². The SMILES string of the molecule is CCCCCc1ccc(C(F)(F)Oc2ccc(-c3ccc(-c4ccc(C#Cc5cc(F)c(F)c(F)c5)cc4)c(F)c3)cc2)c(F)c1. The van der Waals surface area contributed by atoms with Gasteiger partial charge in [-0.1, -0.05) is 74.1 Å². The molecule has 0 heterocycles. The number of aryl methyl sites for hydroxylation is 1. The molecule has 0 spiro atoms. The van der Waals surface area contributed by atoms with Crippen LogP contribution in [0.25, 0.3) is 22.3 Å². The van der Waals surface area contributed by atoms with Gasteiger partial charge in [0.2, 0.25) is 0 Å². The summed E-state index contributed by atoms with van der Waals surface area (Å²) in [5, 5.41) is 0. The summed E-state index contributed by atoms with van der Waals surface area (Å²) in [7, 11) is 0. The summed E-state index contributed by atoms with van der Waals surface area (Å²) in [6, 6.07) is 21.9. The number of halogens is 7. The molecule has 0 amide bonds. The number of hydrogen-bond acceptors (Lipinski definition) is 1. The van der Waals surface area contributed by atoms with Crippen molar-refractivity contribution in [2.45, 2.75) is 38.7 Å². The van der Waals surface area contributed by atoms with Crippen molar-refractivity contribution in [3.8, 4) is 39.8 Å². The Morgan fingerprint density at radius 1 is 0.587 bits per heavy atom. The maximum absolute atomic E-state index is 15.2. The molecule has 5 rings (SSSR count). The first kappa shape index (κ1) is 32.4. The number of benzene rings is 5. The standard InChI is InChI=1S/C38H27F7O/c1-2-3-4-5-25-10-19-32(34(40)20-25)38(44,45)46-30-16-13-27(14-17-30)29-15-18-31(33(39)23-29)28-11-8-24(9-12-28)6-7-26-21-35(41)37(43)36(42)22-26/h8-23H,2-5H2,1H3. The van der Waals surface area contributed by atoms with Crippen molar-refractivity contribution in [2.75, 3.05) is 0 Å². The Balaban J connectivity index is 1.26. The third kappa shape index (κ3) is 7.60. The first-order valence-corrected chi connectivity index (χ1v) is 14.6. The van der Waals surface area contributed by atoms with E-state index in [0.717, 1.165) is 43.5 Å². The van der Waals surface area contributed by atoms with Crippen molar-refractivity contribution < 1.29 is 35.5 Å². The third-order valence-electron chi connectivity index (χ3n) is 7.35. The van der Waals surface area contributed by atoms with E-state index in [0.29, 0.717) is 39.8 Å². The van der Waals surface area contributed by atoms with Crippen LogP contribution in [0.15, 0.2) is 97.1 Å². The molecule has 5 aromatic rings. The fourth-order valence-corrected chi connectivity index (χ4v) is 4.88. The Kier molecular flexibility index (Phi) is 9.81. The fraction of sp³-hybridized carbons (Fsp3) is 0.158. The van der Waals surface area contributed by atoms with Gasteiger partial charge in [0.25, 0.3) is 0 Å². The van der Waals surface area contributed by atoms with Crippen LogP contribution in [0, 0.1) is 40.9 Å². The smallest absolute Gasteiger partial charge is 0.429 e. The predicted molar refractivity (Wildman–Crippen MR) is 164 cm³/mol. The summed E-state index contributed by atoms with van der Waals surface area (Å²) in [4.78, 5) is 0. The normalized spacial score (nSPS) is 11.2. The van der Waals surface area contributed by atoms with Crippen LogP contribution in [0.5, 0.6) is 5.75 Å². The van der Waals surface area contributed by atoms with Gasteiger partial charge in [0, 0.05) is 16.7 Å². The van der Waals surface area contributed by atoms with Gasteiger partial charge in [-0.05, 0) is 89.7 Å². The molecule has 0 unspecified atom stereocenters. The minimum Gasteiger partial charge on any atom is -0.429 e. The van der Waals surface area contributed by atoms with E-state index in [9.17, 15) is 26.3 Å². The largest absolute Gasteiger partial charge is 0.429 e. The maximum atomic E-state index is 15.2. The zero-order valence-corrected chi connectivity index (χ0v) is 24.6. The van der Waals surface area contributed by atoms with E-state index in [1.54, 1.807) is 36.4 Å². The molecule has 0 aliphatic rings. The molecule has 46 heavy (non-hydrogen) atoms. The van der Waals surface area contributed by atoms with Gasteiger partial charge in [0.05, 0.1) is 5.56 Å². The molecule has 0 aliphatic carbocycles. The summed E-state index contributed by atoms with van der Waals surface area (Å²) in [5.41, 5.74) is 2.12. The number of unbranched alkanes of at least 4 members (excludes halogenated alkanes) is 2. The molecule has 5 aromatic carbocycles. The lowest BCUT2D eigenvalue weighted by molar-refractivity contribution is -0.187. The van der Waals surface area contributed by atoms with Crippen LogP contribution in [0.2, 0.25) is 0 Å². The van der Waals surface area contributed by atoms with Crippen LogP contribution in [0.4, 0.5) is 30.7 Å². The average Bonchev–Trinajstić information content (AvgIpc) is 3.03. The number of alkyl halides is 2. The van der Waals surface area contributed by atoms with E-state index in [4.69, 9.17) is 4.74 Å². The highest BCUT2D eigenvalue weighted by atomic mass is 19.3. The van der Waals surface area contributed by atoms with Gasteiger partial charge < -0.3 is 4.74 Å². The van der Waals surface area contributed by atoms with E-state index in [2.05, 4.69) is 11.8 Å². The van der Waals surface area contributed by atoms with Crippen LogP contribution in [-0.4, -0.2) is 0 Å². The number of rotatable bonds is 9. The van der Waals surface area contributed by atoms with E-state index < -0.39 is 40.8 Å². The van der Waals surface area contributed by atoms with Crippen molar-refractivity contribution >= 4 is 0 Å². The second-order valence-electron chi connectivity index (χ2n) is 10.7. The molecule has 234 valence electrons. The summed E-state index contributed by atoms with van der Waals surface area (Å²) in [5.74, 6) is -0.707. The third-order valence-corrected chi connectivity index (χ3v) is 7.35. The Labute approximate surface area is 262 Å². The predicted octanol–water partition coefficient (Wildman–Crippen LogP) is 11.0. The zero-order chi connectivity index (χ0) is 32.8. The number of hydrogen-bond donors (Lipinski definition) is 0. The molecule has 0 N–H and O–H groups in total. The van der Waals surface area contributed by atoms with Gasteiger partial charge in [-0.15, -0.1) is 0 Å². The molecule has 0 aliphatic heterocycles. The second-order valence-corrected chi connectivity index (χ2v) is 10.7. The molecule has 8 heteroatoms. The summed E-state index contributed by atoms with van der Waals surface area (Å²) in [6.45, 7) is 2.04. The van der Waals surface area contributed by atoms with E-state index in [1.165, 1.54) is 36.4 Å². The fourth-order valence-electron chi connectivity index (χ4n) is 4.88. The Morgan fingerprint density at radius 3 is 1.85 bits per heavy atom. The van der Waals surface area contributed by atoms with E-state index in [-0.39, 0.29) is 11.3 Å². The first-order valence-electron chi connectivity index (χ1n) is 14.6. The highest BCUT2D eigenvalue weighted by molar-refractivity contribution is 5.71. The molecular weight excluding hydrogens is 605 g/mol. The van der Waals surface area contributed by atoms with Crippen LogP contribution in [0.3, 0.4) is 0 Å². The van der Waals surface area contributed by atoms with Gasteiger partial charge in [-0.25, -0.2) is 22.0 Å². The zero-order valence-electron chi connectivity index (χ0n) is 24.6. The van der Waals surface area contributed by atoms with Crippen LogP contribution < -0.4 is 4.74 Å². The topological polar surface area (TPSA) is 9.23 Å². The van der Waals surface area contributed by atoms with Crippen LogP contribution in [0.1, 0.15) is 48.4 Å². The molecule has 0 saturated heterocycles. The molecule has 0 fully saturated rings. The van der Waals surface area contributed by atoms with E-state index in [1.807, 2.05) is 6.92 Å². The van der Waals surface area contributed by atoms with Crippen molar-refractivity contribution in [1.82, 2.24) is 0 Å². The monoisotopic (exact) mass is 632 g/mol. The highest BCUT2D eigenvalue weighted by Crippen LogP contribution is 2.35. The molecule has 0 aromatic heterocycles. The van der Waals surface area contributed by atoms with Gasteiger partial charge in [0.1, 0.15) is 17.4 Å². The van der Waals surface area contributed by atoms with Crippen LogP contribution >= 0.6 is 0 Å². The van der Waals surface area contributed by atoms with Gasteiger partial charge in [0.15, 0.2) is 17.5 Å². The second kappa shape index (κ2) is 13.9. The Morgan fingerprint density at radius 2 is 1.22 bits per heavy atom. The Hall–Kier alpha value is -5.03. The summed E-state index contributed by atoms with van der Waals surface area (Å²) >= 11 is 0.